The smallest absolute Gasteiger partial charge is 0.316 e. The van der Waals surface area contributed by atoms with Crippen LogP contribution in [-0.2, 0) is 0 Å². The fraction of sp³-hybridized carbons (Fsp3) is 0.714. The van der Waals surface area contributed by atoms with Crippen LogP contribution in [-0.4, -0.2) is 28.3 Å². The number of rotatable bonds is 2. The highest BCUT2D eigenvalue weighted by Gasteiger charge is 2.26. The Labute approximate surface area is 69.6 Å². The van der Waals surface area contributed by atoms with Gasteiger partial charge >= 0.3 is 5.69 Å². The number of hydrogen-bond donors (Lipinski definition) is 3. The van der Waals surface area contributed by atoms with E-state index in [1.807, 2.05) is 0 Å². The molecule has 0 aromatic carbocycles. The standard InChI is InChI=1S/C7H12N4O/c1-4(5-2-8-3-5)6-9-7(12)11-10-6/h4-5,8H,2-3H2,1H3,(H2,9,10,11,12). The van der Waals surface area contributed by atoms with Crippen molar-refractivity contribution in [2.45, 2.75) is 12.8 Å². The van der Waals surface area contributed by atoms with Gasteiger partial charge < -0.3 is 5.32 Å². The zero-order chi connectivity index (χ0) is 8.55. The molecule has 0 saturated carbocycles. The van der Waals surface area contributed by atoms with Gasteiger partial charge in [-0.3, -0.25) is 4.98 Å². The van der Waals surface area contributed by atoms with Gasteiger partial charge in [-0.25, -0.2) is 9.89 Å². The molecular formula is C7H12N4O. The Bertz CT molecular complexity index is 311. The lowest BCUT2D eigenvalue weighted by Crippen LogP contribution is -2.44. The van der Waals surface area contributed by atoms with Crippen LogP contribution < -0.4 is 11.0 Å². The Morgan fingerprint density at radius 3 is 2.75 bits per heavy atom. The van der Waals surface area contributed by atoms with Crippen LogP contribution in [0.2, 0.25) is 0 Å². The van der Waals surface area contributed by atoms with Gasteiger partial charge in [0.1, 0.15) is 5.82 Å². The lowest BCUT2D eigenvalue weighted by atomic mass is 9.88. The number of H-pyrrole nitrogens is 2. The second-order valence-electron chi connectivity index (χ2n) is 3.27. The second-order valence-corrected chi connectivity index (χ2v) is 3.27. The molecule has 1 aromatic heterocycles. The van der Waals surface area contributed by atoms with Gasteiger partial charge in [-0.2, -0.15) is 5.10 Å². The van der Waals surface area contributed by atoms with Crippen molar-refractivity contribution >= 4 is 0 Å². The lowest BCUT2D eigenvalue weighted by Gasteiger charge is -2.31. The first-order chi connectivity index (χ1) is 5.77. The van der Waals surface area contributed by atoms with E-state index >= 15 is 0 Å². The summed E-state index contributed by atoms with van der Waals surface area (Å²) >= 11 is 0. The zero-order valence-electron chi connectivity index (χ0n) is 6.92. The van der Waals surface area contributed by atoms with Crippen molar-refractivity contribution in [2.75, 3.05) is 13.1 Å². The Balaban J connectivity index is 2.13. The molecule has 0 amide bonds. The quantitative estimate of drug-likeness (QED) is 0.553. The van der Waals surface area contributed by atoms with Crippen LogP contribution in [0.3, 0.4) is 0 Å². The van der Waals surface area contributed by atoms with Crippen LogP contribution in [0.5, 0.6) is 0 Å². The average Bonchev–Trinajstić information content (AvgIpc) is 2.31. The van der Waals surface area contributed by atoms with E-state index in [0.717, 1.165) is 18.9 Å². The van der Waals surface area contributed by atoms with E-state index in [-0.39, 0.29) is 5.69 Å². The number of aromatic nitrogens is 3. The van der Waals surface area contributed by atoms with E-state index in [2.05, 4.69) is 27.4 Å². The highest BCUT2D eigenvalue weighted by atomic mass is 16.1. The van der Waals surface area contributed by atoms with Crippen molar-refractivity contribution in [3.63, 3.8) is 0 Å². The molecule has 2 rings (SSSR count). The number of nitrogens with one attached hydrogen (secondary N) is 3. The molecule has 5 heteroatoms. The topological polar surface area (TPSA) is 73.6 Å². The van der Waals surface area contributed by atoms with Gasteiger partial charge in [0, 0.05) is 5.92 Å². The van der Waals surface area contributed by atoms with Gasteiger partial charge in [-0.15, -0.1) is 0 Å². The van der Waals surface area contributed by atoms with E-state index < -0.39 is 0 Å². The third-order valence-corrected chi connectivity index (χ3v) is 2.47. The van der Waals surface area contributed by atoms with Crippen LogP contribution in [0.25, 0.3) is 0 Å². The number of hydrogen-bond acceptors (Lipinski definition) is 3. The molecular weight excluding hydrogens is 156 g/mol. The van der Waals surface area contributed by atoms with Crippen LogP contribution in [0.15, 0.2) is 4.79 Å². The van der Waals surface area contributed by atoms with Gasteiger partial charge in [-0.05, 0) is 19.0 Å². The second kappa shape index (κ2) is 2.75. The average molecular weight is 168 g/mol. The molecule has 1 saturated heterocycles. The summed E-state index contributed by atoms with van der Waals surface area (Å²) < 4.78 is 0. The minimum Gasteiger partial charge on any atom is -0.316 e. The van der Waals surface area contributed by atoms with Crippen molar-refractivity contribution < 1.29 is 0 Å². The maximum absolute atomic E-state index is 10.7. The minimum atomic E-state index is -0.218. The number of nitrogens with zero attached hydrogens (tertiary/aromatic N) is 1. The maximum atomic E-state index is 10.7. The first-order valence-corrected chi connectivity index (χ1v) is 4.12. The molecule has 3 N–H and O–H groups in total. The molecule has 12 heavy (non-hydrogen) atoms. The maximum Gasteiger partial charge on any atom is 0.340 e. The summed E-state index contributed by atoms with van der Waals surface area (Å²) in [6.07, 6.45) is 0. The van der Waals surface area contributed by atoms with Crippen LogP contribution >= 0.6 is 0 Å². The Morgan fingerprint density at radius 1 is 1.58 bits per heavy atom. The summed E-state index contributed by atoms with van der Waals surface area (Å²) in [6, 6.07) is 0. The van der Waals surface area contributed by atoms with Crippen molar-refractivity contribution in [1.82, 2.24) is 20.5 Å². The lowest BCUT2D eigenvalue weighted by molar-refractivity contribution is 0.296. The van der Waals surface area contributed by atoms with E-state index in [0.29, 0.717) is 11.8 Å². The van der Waals surface area contributed by atoms with Crippen molar-refractivity contribution in [3.05, 3.63) is 16.3 Å². The highest BCUT2D eigenvalue weighted by molar-refractivity contribution is 4.98. The Morgan fingerprint density at radius 2 is 2.33 bits per heavy atom. The largest absolute Gasteiger partial charge is 0.340 e. The van der Waals surface area contributed by atoms with Crippen LogP contribution in [0, 0.1) is 5.92 Å². The van der Waals surface area contributed by atoms with Gasteiger partial charge in [0.25, 0.3) is 0 Å². The SMILES string of the molecule is CC(c1n[nH]c(=O)[nH]1)C1CNC1. The van der Waals surface area contributed by atoms with Crippen LogP contribution in [0.4, 0.5) is 0 Å². The fourth-order valence-corrected chi connectivity index (χ4v) is 1.39. The third-order valence-electron chi connectivity index (χ3n) is 2.47. The normalized spacial score (nSPS) is 20.4. The molecule has 1 unspecified atom stereocenters. The van der Waals surface area contributed by atoms with Gasteiger partial charge in [0.05, 0.1) is 0 Å². The predicted molar refractivity (Wildman–Crippen MR) is 44.0 cm³/mol. The third kappa shape index (κ3) is 1.16. The summed E-state index contributed by atoms with van der Waals surface area (Å²) in [6.45, 7) is 4.13. The number of aromatic amines is 2. The van der Waals surface area contributed by atoms with E-state index in [1.165, 1.54) is 0 Å². The molecule has 5 nitrogen and oxygen atoms in total. The molecule has 0 spiro atoms. The molecule has 0 radical (unpaired) electrons. The summed E-state index contributed by atoms with van der Waals surface area (Å²) in [4.78, 5) is 13.4. The molecule has 1 aromatic rings. The highest BCUT2D eigenvalue weighted by Crippen LogP contribution is 2.22. The molecule has 2 heterocycles. The predicted octanol–water partition coefficient (Wildman–Crippen LogP) is -0.579. The van der Waals surface area contributed by atoms with Gasteiger partial charge in [0.15, 0.2) is 0 Å². The summed E-state index contributed by atoms with van der Waals surface area (Å²) in [7, 11) is 0. The Kier molecular flexibility index (Phi) is 1.73. The Hall–Kier alpha value is -1.10. The molecule has 1 aliphatic heterocycles. The van der Waals surface area contributed by atoms with Crippen LogP contribution in [0.1, 0.15) is 18.7 Å². The molecule has 1 atom stereocenters. The van der Waals surface area contributed by atoms with Gasteiger partial charge in [0.2, 0.25) is 0 Å². The van der Waals surface area contributed by atoms with Gasteiger partial charge in [-0.1, -0.05) is 6.92 Å². The molecule has 1 fully saturated rings. The van der Waals surface area contributed by atoms with E-state index in [9.17, 15) is 4.79 Å². The zero-order valence-corrected chi connectivity index (χ0v) is 6.92. The summed E-state index contributed by atoms with van der Waals surface area (Å²) in [5, 5.41) is 9.46. The van der Waals surface area contributed by atoms with E-state index in [4.69, 9.17) is 0 Å². The summed E-state index contributed by atoms with van der Waals surface area (Å²) in [5.74, 6) is 1.72. The molecule has 0 bridgehead atoms. The molecule has 66 valence electrons. The monoisotopic (exact) mass is 168 g/mol. The molecule has 1 aliphatic rings. The minimum absolute atomic E-state index is 0.218. The summed E-state index contributed by atoms with van der Waals surface area (Å²) in [5.41, 5.74) is -0.218. The first-order valence-electron chi connectivity index (χ1n) is 4.12. The van der Waals surface area contributed by atoms with Crippen molar-refractivity contribution in [3.8, 4) is 0 Å². The van der Waals surface area contributed by atoms with Crippen molar-refractivity contribution in [2.24, 2.45) is 5.92 Å². The van der Waals surface area contributed by atoms with E-state index in [1.54, 1.807) is 0 Å². The molecule has 0 aliphatic carbocycles. The van der Waals surface area contributed by atoms with Crippen molar-refractivity contribution in [1.29, 1.82) is 0 Å². The fourth-order valence-electron chi connectivity index (χ4n) is 1.39. The first kappa shape index (κ1) is 7.54.